The van der Waals surface area contributed by atoms with Crippen molar-refractivity contribution >= 4 is 6.29 Å². The first-order chi connectivity index (χ1) is 11.6. The zero-order valence-corrected chi connectivity index (χ0v) is 14.4. The Morgan fingerprint density at radius 2 is 2.21 bits per heavy atom. The second-order valence-electron chi connectivity index (χ2n) is 6.71. The monoisotopic (exact) mass is 327 g/mol. The third-order valence-corrected chi connectivity index (χ3v) is 4.85. The molecule has 0 bridgehead atoms. The molecular formula is C19H25N3O2. The van der Waals surface area contributed by atoms with E-state index < -0.39 is 0 Å². The highest BCUT2D eigenvalue weighted by Gasteiger charge is 2.28. The second-order valence-corrected chi connectivity index (χ2v) is 6.71. The second kappa shape index (κ2) is 7.18. The number of aromatic nitrogens is 2. The molecule has 24 heavy (non-hydrogen) atoms. The third-order valence-electron chi connectivity index (χ3n) is 4.85. The van der Waals surface area contributed by atoms with Gasteiger partial charge < -0.3 is 5.11 Å². The molecule has 5 nitrogen and oxygen atoms in total. The molecule has 1 aliphatic heterocycles. The first-order valence-corrected chi connectivity index (χ1v) is 8.65. The van der Waals surface area contributed by atoms with Crippen LogP contribution >= 0.6 is 0 Å². The molecule has 1 fully saturated rings. The molecule has 0 amide bonds. The van der Waals surface area contributed by atoms with Crippen LogP contribution in [-0.2, 0) is 6.42 Å². The topological polar surface area (TPSA) is 58.4 Å². The van der Waals surface area contributed by atoms with Crippen molar-refractivity contribution in [2.45, 2.75) is 45.2 Å². The average Bonchev–Trinajstić information content (AvgIpc) is 3.21. The molecule has 1 aromatic heterocycles. The Morgan fingerprint density at radius 3 is 2.96 bits per heavy atom. The van der Waals surface area contributed by atoms with E-state index in [1.807, 2.05) is 12.3 Å². The number of likely N-dealkylation sites (tertiary alicyclic amines) is 1. The first kappa shape index (κ1) is 16.7. The van der Waals surface area contributed by atoms with Crippen LogP contribution in [0.5, 0.6) is 5.75 Å². The number of phenols is 1. The van der Waals surface area contributed by atoms with Crippen molar-refractivity contribution in [1.29, 1.82) is 0 Å². The van der Waals surface area contributed by atoms with Gasteiger partial charge in [-0.1, -0.05) is 12.1 Å². The minimum Gasteiger partial charge on any atom is -0.507 e. The lowest BCUT2D eigenvalue weighted by Crippen LogP contribution is -2.28. The summed E-state index contributed by atoms with van der Waals surface area (Å²) in [4.78, 5) is 13.7. The minimum atomic E-state index is 0.0679. The Bertz CT molecular complexity index is 708. The molecule has 1 saturated heterocycles. The summed E-state index contributed by atoms with van der Waals surface area (Å²) in [5.74, 6) is 0.0679. The van der Waals surface area contributed by atoms with Crippen LogP contribution in [0.2, 0.25) is 0 Å². The smallest absolute Gasteiger partial charge is 0.154 e. The van der Waals surface area contributed by atoms with Gasteiger partial charge in [0.1, 0.15) is 5.75 Å². The standard InChI is InChI=1S/C19H25N3O2/c1-14(2)22-18(8-10-20-22)17-6-4-11-21(17)12-9-15-5-3-7-19(24)16(15)13-23/h3,5,7-8,10,13-14,17,24H,4,6,9,11-12H2,1-2H3. The first-order valence-electron chi connectivity index (χ1n) is 8.65. The SMILES string of the molecule is CC(C)n1nccc1C1CCCN1CCc1cccc(O)c1C=O. The van der Waals surface area contributed by atoms with Gasteiger partial charge in [-0.3, -0.25) is 14.4 Å². The fourth-order valence-electron chi connectivity index (χ4n) is 3.67. The number of rotatable bonds is 6. The Balaban J connectivity index is 1.74. The van der Waals surface area contributed by atoms with Crippen LogP contribution in [0.1, 0.15) is 60.4 Å². The van der Waals surface area contributed by atoms with E-state index in [1.165, 1.54) is 12.1 Å². The van der Waals surface area contributed by atoms with Gasteiger partial charge in [0.05, 0.1) is 17.3 Å². The summed E-state index contributed by atoms with van der Waals surface area (Å²) < 4.78 is 2.11. The Labute approximate surface area is 142 Å². The van der Waals surface area contributed by atoms with Crippen molar-refractivity contribution in [3.63, 3.8) is 0 Å². The number of phenolic OH excluding ortho intramolecular Hbond substituents is 1. The Morgan fingerprint density at radius 1 is 1.38 bits per heavy atom. The van der Waals surface area contributed by atoms with Crippen molar-refractivity contribution in [2.75, 3.05) is 13.1 Å². The molecule has 0 saturated carbocycles. The van der Waals surface area contributed by atoms with Gasteiger partial charge in [-0.15, -0.1) is 0 Å². The van der Waals surface area contributed by atoms with E-state index in [9.17, 15) is 9.90 Å². The molecule has 0 aliphatic carbocycles. The third kappa shape index (κ3) is 3.22. The van der Waals surface area contributed by atoms with E-state index in [0.29, 0.717) is 17.6 Å². The number of aldehydes is 1. The van der Waals surface area contributed by atoms with Crippen LogP contribution < -0.4 is 0 Å². The molecule has 1 unspecified atom stereocenters. The normalized spacial score (nSPS) is 18.4. The molecule has 5 heteroatoms. The van der Waals surface area contributed by atoms with Crippen LogP contribution in [0.3, 0.4) is 0 Å². The summed E-state index contributed by atoms with van der Waals surface area (Å²) in [6.45, 7) is 6.24. The Hall–Kier alpha value is -2.14. The lowest BCUT2D eigenvalue weighted by Gasteiger charge is -2.26. The van der Waals surface area contributed by atoms with E-state index in [0.717, 1.165) is 37.8 Å². The maximum atomic E-state index is 11.2. The number of hydrogen-bond donors (Lipinski definition) is 1. The number of carbonyl (C=O) groups is 1. The number of aromatic hydroxyl groups is 1. The largest absolute Gasteiger partial charge is 0.507 e. The predicted molar refractivity (Wildman–Crippen MR) is 93.4 cm³/mol. The lowest BCUT2D eigenvalue weighted by molar-refractivity contribution is 0.112. The maximum Gasteiger partial charge on any atom is 0.154 e. The molecule has 1 N–H and O–H groups in total. The van der Waals surface area contributed by atoms with E-state index in [2.05, 4.69) is 34.6 Å². The number of benzene rings is 1. The predicted octanol–water partition coefficient (Wildman–Crippen LogP) is 3.36. The molecule has 128 valence electrons. The highest BCUT2D eigenvalue weighted by molar-refractivity contribution is 5.81. The van der Waals surface area contributed by atoms with E-state index >= 15 is 0 Å². The zero-order valence-electron chi connectivity index (χ0n) is 14.4. The summed E-state index contributed by atoms with van der Waals surface area (Å²) in [6.07, 6.45) is 5.70. The fourth-order valence-corrected chi connectivity index (χ4v) is 3.67. The van der Waals surface area contributed by atoms with Gasteiger partial charge in [-0.25, -0.2) is 0 Å². The number of hydrogen-bond acceptors (Lipinski definition) is 4. The highest BCUT2D eigenvalue weighted by Crippen LogP contribution is 2.33. The molecule has 1 aliphatic rings. The van der Waals surface area contributed by atoms with Crippen molar-refractivity contribution in [3.8, 4) is 5.75 Å². The number of nitrogens with zero attached hydrogens (tertiary/aromatic N) is 3. The van der Waals surface area contributed by atoms with Gasteiger partial charge in [0.15, 0.2) is 6.29 Å². The lowest BCUT2D eigenvalue weighted by atomic mass is 10.0. The fraction of sp³-hybridized carbons (Fsp3) is 0.474. The van der Waals surface area contributed by atoms with Crippen molar-refractivity contribution < 1.29 is 9.90 Å². The van der Waals surface area contributed by atoms with Crippen LogP contribution in [0, 0.1) is 0 Å². The molecule has 1 aromatic carbocycles. The summed E-state index contributed by atoms with van der Waals surface area (Å²) in [5, 5.41) is 14.3. The molecule has 2 heterocycles. The molecule has 2 aromatic rings. The van der Waals surface area contributed by atoms with Crippen molar-refractivity contribution in [2.24, 2.45) is 0 Å². The van der Waals surface area contributed by atoms with Gasteiger partial charge in [-0.05, 0) is 57.4 Å². The maximum absolute atomic E-state index is 11.2. The van der Waals surface area contributed by atoms with E-state index in [1.54, 1.807) is 12.1 Å². The van der Waals surface area contributed by atoms with Crippen molar-refractivity contribution in [1.82, 2.24) is 14.7 Å². The van der Waals surface area contributed by atoms with Gasteiger partial charge >= 0.3 is 0 Å². The molecule has 0 radical (unpaired) electrons. The Kier molecular flexibility index (Phi) is 5.00. The molecule has 0 spiro atoms. The van der Waals surface area contributed by atoms with Gasteiger partial charge in [-0.2, -0.15) is 5.10 Å². The van der Waals surface area contributed by atoms with Crippen LogP contribution in [0.4, 0.5) is 0 Å². The van der Waals surface area contributed by atoms with Crippen molar-refractivity contribution in [3.05, 3.63) is 47.3 Å². The molecule has 1 atom stereocenters. The average molecular weight is 327 g/mol. The summed E-state index contributed by atoms with van der Waals surface area (Å²) >= 11 is 0. The minimum absolute atomic E-state index is 0.0679. The van der Waals surface area contributed by atoms with E-state index in [-0.39, 0.29) is 5.75 Å². The zero-order chi connectivity index (χ0) is 17.1. The van der Waals surface area contributed by atoms with Crippen LogP contribution in [-0.4, -0.2) is 39.2 Å². The van der Waals surface area contributed by atoms with Crippen LogP contribution in [0.25, 0.3) is 0 Å². The highest BCUT2D eigenvalue weighted by atomic mass is 16.3. The quantitative estimate of drug-likeness (QED) is 0.827. The summed E-state index contributed by atoms with van der Waals surface area (Å²) in [5.41, 5.74) is 2.60. The summed E-state index contributed by atoms with van der Waals surface area (Å²) in [7, 11) is 0. The van der Waals surface area contributed by atoms with Gasteiger partial charge in [0, 0.05) is 18.8 Å². The van der Waals surface area contributed by atoms with Gasteiger partial charge in [0.25, 0.3) is 0 Å². The van der Waals surface area contributed by atoms with Crippen LogP contribution in [0.15, 0.2) is 30.5 Å². The van der Waals surface area contributed by atoms with E-state index in [4.69, 9.17) is 0 Å². The number of carbonyl (C=O) groups excluding carboxylic acids is 1. The summed E-state index contributed by atoms with van der Waals surface area (Å²) in [6, 6.07) is 8.14. The molecule has 3 rings (SSSR count). The molecular weight excluding hydrogens is 302 g/mol. The van der Waals surface area contributed by atoms with Gasteiger partial charge in [0.2, 0.25) is 0 Å².